The molecule has 9 rings (SSSR count). The number of aryl methyl sites for hydroxylation is 4. The lowest BCUT2D eigenvalue weighted by Gasteiger charge is -2.22. The summed E-state index contributed by atoms with van der Waals surface area (Å²) in [6.07, 6.45) is 10.4. The van der Waals surface area contributed by atoms with Crippen molar-refractivity contribution >= 4 is 38.3 Å². The van der Waals surface area contributed by atoms with Crippen LogP contribution in [0.5, 0.6) is 0 Å². The summed E-state index contributed by atoms with van der Waals surface area (Å²) in [4.78, 5) is 29.7. The molecule has 0 saturated carbocycles. The highest BCUT2D eigenvalue weighted by Gasteiger charge is 2.31. The van der Waals surface area contributed by atoms with Gasteiger partial charge < -0.3 is 14.5 Å². The third-order valence-electron chi connectivity index (χ3n) is 9.81. The summed E-state index contributed by atoms with van der Waals surface area (Å²) in [7, 11) is 0. The zero-order valence-corrected chi connectivity index (χ0v) is 26.5. The molecule has 0 amide bonds. The Morgan fingerprint density at radius 3 is 2.80 bits per heavy atom. The van der Waals surface area contributed by atoms with E-state index in [1.165, 1.54) is 5.56 Å². The van der Waals surface area contributed by atoms with Crippen LogP contribution in [0.3, 0.4) is 0 Å². The smallest absolute Gasteiger partial charge is 0.276 e. The van der Waals surface area contributed by atoms with Gasteiger partial charge >= 0.3 is 0 Å². The van der Waals surface area contributed by atoms with Crippen LogP contribution in [-0.2, 0) is 30.7 Å². The first-order valence-corrected chi connectivity index (χ1v) is 17.1. The van der Waals surface area contributed by atoms with Gasteiger partial charge in [-0.05, 0) is 80.0 Å². The van der Waals surface area contributed by atoms with Crippen molar-refractivity contribution < 1.29 is 9.15 Å². The fourth-order valence-corrected chi connectivity index (χ4v) is 8.70. The Morgan fingerprint density at radius 2 is 1.93 bits per heavy atom. The number of anilines is 1. The summed E-state index contributed by atoms with van der Waals surface area (Å²) in [6.45, 7) is 4.85. The first-order valence-electron chi connectivity index (χ1n) is 16.3. The number of fused-ring (bicyclic) bond motifs is 5. The number of nitrogens with zero attached hydrogens (tertiary/aromatic N) is 7. The lowest BCUT2D eigenvalue weighted by atomic mass is 9.91. The average Bonchev–Trinajstić information content (AvgIpc) is 3.92. The summed E-state index contributed by atoms with van der Waals surface area (Å²) < 4.78 is 16.7. The molecule has 0 radical (unpaired) electrons. The minimum absolute atomic E-state index is 0.0209. The lowest BCUT2D eigenvalue weighted by molar-refractivity contribution is 0.0639. The number of rotatable bonds is 7. The van der Waals surface area contributed by atoms with E-state index in [4.69, 9.17) is 19.1 Å². The van der Waals surface area contributed by atoms with Gasteiger partial charge in [0.25, 0.3) is 5.56 Å². The zero-order valence-electron chi connectivity index (χ0n) is 25.7. The van der Waals surface area contributed by atoms with Gasteiger partial charge in [0.05, 0.1) is 27.4 Å². The summed E-state index contributed by atoms with van der Waals surface area (Å²) in [5.41, 5.74) is 5.59. The topological polar surface area (TPSA) is 126 Å². The Bertz CT molecular complexity index is 2170. The summed E-state index contributed by atoms with van der Waals surface area (Å²) in [5.74, 6) is 2.29. The van der Waals surface area contributed by atoms with E-state index in [2.05, 4.69) is 37.3 Å². The van der Waals surface area contributed by atoms with Crippen LogP contribution in [-0.4, -0.2) is 47.7 Å². The van der Waals surface area contributed by atoms with Gasteiger partial charge in [0.2, 0.25) is 11.8 Å². The standard InChI is InChI=1S/C34H34N8O3S/c1-19-39-40-33(45-19)27-25(6-5-20-10-16-44-17-11-20)38-32-29(34(43)42-15-3-14-41(32)42)28(27)26-18-21-9-13-36-31(30(21)46-26)37-24-8-7-23-22(24)4-2-12-35-23/h2,4,9,12-13,18,20,24H,3,5-8,10-11,14-17H2,1H3,(H,36,37)/t24-/m0/s1. The molecule has 11 nitrogen and oxygen atoms in total. The monoisotopic (exact) mass is 634 g/mol. The van der Waals surface area contributed by atoms with E-state index in [-0.39, 0.29) is 11.6 Å². The first-order chi connectivity index (χ1) is 22.6. The first kappa shape index (κ1) is 27.9. The lowest BCUT2D eigenvalue weighted by Crippen LogP contribution is -2.17. The third-order valence-corrected chi connectivity index (χ3v) is 11.0. The maximum atomic E-state index is 14.1. The number of ether oxygens (including phenoxy) is 1. The quantitative estimate of drug-likeness (QED) is 0.222. The molecular weight excluding hydrogens is 600 g/mol. The van der Waals surface area contributed by atoms with Crippen LogP contribution in [0.4, 0.5) is 5.82 Å². The van der Waals surface area contributed by atoms with Gasteiger partial charge in [-0.1, -0.05) is 6.07 Å². The van der Waals surface area contributed by atoms with Crippen molar-refractivity contribution in [1.29, 1.82) is 0 Å². The maximum absolute atomic E-state index is 14.1. The Kier molecular flexibility index (Phi) is 6.74. The number of pyridine rings is 3. The molecule has 1 fully saturated rings. The average molecular weight is 635 g/mol. The molecule has 0 unspecified atom stereocenters. The number of hydrogen-bond acceptors (Lipinski definition) is 10. The molecule has 2 aliphatic heterocycles. The minimum Gasteiger partial charge on any atom is -0.421 e. The highest BCUT2D eigenvalue weighted by molar-refractivity contribution is 7.23. The largest absolute Gasteiger partial charge is 0.421 e. The van der Waals surface area contributed by atoms with Gasteiger partial charge in [-0.3, -0.25) is 14.5 Å². The molecule has 8 heterocycles. The zero-order chi connectivity index (χ0) is 30.8. The maximum Gasteiger partial charge on any atom is 0.276 e. The SMILES string of the molecule is Cc1nnc(-c2c(CCC3CCOCC3)nc3c(c2-c2cc4ccnc(N[C@H]5CCc6ncccc65)c4s2)c(=O)n2n3CCC2)o1. The molecule has 234 valence electrons. The van der Waals surface area contributed by atoms with Crippen LogP contribution >= 0.6 is 11.3 Å². The van der Waals surface area contributed by atoms with E-state index in [1.807, 2.05) is 29.2 Å². The van der Waals surface area contributed by atoms with Gasteiger partial charge in [0.1, 0.15) is 5.82 Å². The van der Waals surface area contributed by atoms with Crippen molar-refractivity contribution in [2.75, 3.05) is 18.5 Å². The summed E-state index contributed by atoms with van der Waals surface area (Å²) >= 11 is 1.64. The Labute approximate surface area is 268 Å². The molecule has 46 heavy (non-hydrogen) atoms. The predicted molar refractivity (Wildman–Crippen MR) is 176 cm³/mol. The van der Waals surface area contributed by atoms with Crippen LogP contribution in [0.25, 0.3) is 43.0 Å². The second-order valence-corrected chi connectivity index (χ2v) is 13.6. The predicted octanol–water partition coefficient (Wildman–Crippen LogP) is 6.09. The second kappa shape index (κ2) is 11.1. The van der Waals surface area contributed by atoms with Gasteiger partial charge in [0, 0.05) is 61.8 Å². The highest BCUT2D eigenvalue weighted by Crippen LogP contribution is 2.46. The van der Waals surface area contributed by atoms with Gasteiger partial charge in [-0.15, -0.1) is 21.5 Å². The molecule has 0 aromatic carbocycles. The van der Waals surface area contributed by atoms with Crippen molar-refractivity contribution in [3.8, 4) is 21.9 Å². The van der Waals surface area contributed by atoms with E-state index in [9.17, 15) is 4.79 Å². The molecule has 1 N–H and O–H groups in total. The molecule has 0 spiro atoms. The van der Waals surface area contributed by atoms with Gasteiger partial charge in [-0.25, -0.2) is 14.6 Å². The van der Waals surface area contributed by atoms with Gasteiger partial charge in [0.15, 0.2) is 5.65 Å². The molecule has 1 saturated heterocycles. The van der Waals surface area contributed by atoms with Crippen molar-refractivity contribution in [2.45, 2.75) is 71.0 Å². The van der Waals surface area contributed by atoms with E-state index in [1.54, 1.807) is 18.3 Å². The van der Waals surface area contributed by atoms with Crippen LogP contribution < -0.4 is 10.9 Å². The number of thiophene rings is 1. The fourth-order valence-electron chi connectivity index (χ4n) is 7.53. The van der Waals surface area contributed by atoms with E-state index >= 15 is 0 Å². The molecule has 0 bridgehead atoms. The third kappa shape index (κ3) is 4.57. The van der Waals surface area contributed by atoms with E-state index in [0.29, 0.717) is 29.6 Å². The molecule has 1 atom stereocenters. The number of nitrogens with one attached hydrogen (secondary N) is 1. The van der Waals surface area contributed by atoms with Gasteiger partial charge in [-0.2, -0.15) is 0 Å². The van der Waals surface area contributed by atoms with Crippen LogP contribution in [0, 0.1) is 12.8 Å². The molecule has 12 heteroatoms. The van der Waals surface area contributed by atoms with E-state index in [0.717, 1.165) is 114 Å². The Balaban J connectivity index is 1.23. The van der Waals surface area contributed by atoms with Crippen LogP contribution in [0.15, 0.2) is 45.9 Å². The molecule has 6 aromatic heterocycles. The molecule has 3 aliphatic rings. The van der Waals surface area contributed by atoms with Crippen molar-refractivity contribution in [2.24, 2.45) is 5.92 Å². The summed E-state index contributed by atoms with van der Waals surface area (Å²) in [6, 6.07) is 8.51. The molecule has 1 aliphatic carbocycles. The number of hydrogen-bond donors (Lipinski definition) is 1. The molecule has 6 aromatic rings. The second-order valence-electron chi connectivity index (χ2n) is 12.6. The Hall–Kier alpha value is -4.42. The number of aromatic nitrogens is 7. The van der Waals surface area contributed by atoms with E-state index < -0.39 is 0 Å². The highest BCUT2D eigenvalue weighted by atomic mass is 32.1. The van der Waals surface area contributed by atoms with Crippen molar-refractivity contribution in [3.63, 3.8) is 0 Å². The van der Waals surface area contributed by atoms with Crippen molar-refractivity contribution in [3.05, 3.63) is 69.9 Å². The van der Waals surface area contributed by atoms with Crippen molar-refractivity contribution in [1.82, 2.24) is 34.5 Å². The summed E-state index contributed by atoms with van der Waals surface area (Å²) in [5, 5.41) is 14.1. The Morgan fingerprint density at radius 1 is 1.04 bits per heavy atom. The fraction of sp³-hybridized carbons (Fsp3) is 0.412. The molecular formula is C34H34N8O3S. The van der Waals surface area contributed by atoms with Crippen LogP contribution in [0.2, 0.25) is 0 Å². The van der Waals surface area contributed by atoms with Crippen LogP contribution in [0.1, 0.15) is 61.0 Å². The normalized spacial score (nSPS) is 18.1. The minimum atomic E-state index is -0.0209.